The second-order valence-electron chi connectivity index (χ2n) is 7.14. The molecular weight excluding hydrogens is 392 g/mol. The highest BCUT2D eigenvalue weighted by Crippen LogP contribution is 2.28. The van der Waals surface area contributed by atoms with Gasteiger partial charge in [0.15, 0.2) is 18.1 Å². The lowest BCUT2D eigenvalue weighted by Gasteiger charge is -2.13. The third-order valence-electron chi connectivity index (χ3n) is 4.74. The van der Waals surface area contributed by atoms with Crippen LogP contribution in [0.5, 0.6) is 17.2 Å². The van der Waals surface area contributed by atoms with Crippen molar-refractivity contribution in [2.75, 3.05) is 26.1 Å². The van der Waals surface area contributed by atoms with Crippen LogP contribution in [0.3, 0.4) is 0 Å². The molecule has 0 unspecified atom stereocenters. The first kappa shape index (κ1) is 22.2. The van der Waals surface area contributed by atoms with Crippen molar-refractivity contribution in [2.45, 2.75) is 20.0 Å². The molecule has 6 nitrogen and oxygen atoms in total. The molecule has 3 rings (SSSR count). The average molecular weight is 421 g/mol. The molecule has 0 spiro atoms. The van der Waals surface area contributed by atoms with Crippen molar-refractivity contribution in [2.24, 2.45) is 0 Å². The molecule has 0 aliphatic heterocycles. The van der Waals surface area contributed by atoms with E-state index in [0.717, 1.165) is 29.1 Å². The number of anilines is 1. The van der Waals surface area contributed by atoms with E-state index in [1.54, 1.807) is 14.2 Å². The van der Waals surface area contributed by atoms with Gasteiger partial charge in [-0.05, 0) is 54.4 Å². The van der Waals surface area contributed by atoms with Crippen molar-refractivity contribution in [3.8, 4) is 17.2 Å². The van der Waals surface area contributed by atoms with E-state index in [1.165, 1.54) is 5.56 Å². The number of nitrogens with one attached hydrogen (secondary N) is 2. The SMILES string of the molecule is COc1ccc(CNCc2ccc(OCC(=O)Nc3ccc(C)cc3)c(OC)c2)cc1. The Kier molecular flexibility index (Phi) is 7.90. The van der Waals surface area contributed by atoms with Gasteiger partial charge in [0.05, 0.1) is 14.2 Å². The number of benzene rings is 3. The van der Waals surface area contributed by atoms with Crippen LogP contribution in [0, 0.1) is 6.92 Å². The Labute approximate surface area is 183 Å². The number of hydrogen-bond acceptors (Lipinski definition) is 5. The summed E-state index contributed by atoms with van der Waals surface area (Å²) in [7, 11) is 3.24. The van der Waals surface area contributed by atoms with E-state index >= 15 is 0 Å². The largest absolute Gasteiger partial charge is 0.497 e. The average Bonchev–Trinajstić information content (AvgIpc) is 2.80. The Balaban J connectivity index is 1.50. The molecule has 3 aromatic carbocycles. The van der Waals surface area contributed by atoms with Gasteiger partial charge in [-0.25, -0.2) is 0 Å². The predicted octanol–water partition coefficient (Wildman–Crippen LogP) is 4.32. The molecule has 162 valence electrons. The first-order valence-corrected chi connectivity index (χ1v) is 10.1. The minimum Gasteiger partial charge on any atom is -0.497 e. The predicted molar refractivity (Wildman–Crippen MR) is 122 cm³/mol. The van der Waals surface area contributed by atoms with Gasteiger partial charge < -0.3 is 24.8 Å². The van der Waals surface area contributed by atoms with Crippen LogP contribution in [0.15, 0.2) is 66.7 Å². The minimum atomic E-state index is -0.226. The van der Waals surface area contributed by atoms with E-state index in [1.807, 2.05) is 73.7 Å². The van der Waals surface area contributed by atoms with E-state index in [0.29, 0.717) is 18.0 Å². The lowest BCUT2D eigenvalue weighted by atomic mass is 10.2. The lowest BCUT2D eigenvalue weighted by molar-refractivity contribution is -0.118. The standard InChI is InChI=1S/C25H28N2O4/c1-18-4-9-21(10-5-18)27-25(28)17-31-23-13-8-20(14-24(23)30-3)16-26-15-19-6-11-22(29-2)12-7-19/h4-14,26H,15-17H2,1-3H3,(H,27,28). The fraction of sp³-hybridized carbons (Fsp3) is 0.240. The van der Waals surface area contributed by atoms with Crippen molar-refractivity contribution in [1.82, 2.24) is 5.32 Å². The molecule has 0 aliphatic rings. The maximum atomic E-state index is 12.2. The van der Waals surface area contributed by atoms with E-state index < -0.39 is 0 Å². The number of amides is 1. The molecule has 31 heavy (non-hydrogen) atoms. The first-order chi connectivity index (χ1) is 15.1. The summed E-state index contributed by atoms with van der Waals surface area (Å²) in [5, 5.41) is 6.22. The number of rotatable bonds is 10. The van der Waals surface area contributed by atoms with Crippen molar-refractivity contribution in [3.05, 3.63) is 83.4 Å². The van der Waals surface area contributed by atoms with Crippen LogP contribution < -0.4 is 24.8 Å². The number of carbonyl (C=O) groups is 1. The summed E-state index contributed by atoms with van der Waals surface area (Å²) in [6.45, 7) is 3.32. The molecule has 0 saturated heterocycles. The molecule has 0 bridgehead atoms. The number of ether oxygens (including phenoxy) is 3. The van der Waals surface area contributed by atoms with E-state index in [9.17, 15) is 4.79 Å². The molecular formula is C25H28N2O4. The second-order valence-corrected chi connectivity index (χ2v) is 7.14. The zero-order valence-electron chi connectivity index (χ0n) is 18.1. The summed E-state index contributed by atoms with van der Waals surface area (Å²) in [4.78, 5) is 12.2. The van der Waals surface area contributed by atoms with Gasteiger partial charge in [-0.2, -0.15) is 0 Å². The van der Waals surface area contributed by atoms with Gasteiger partial charge in [-0.1, -0.05) is 35.9 Å². The molecule has 0 saturated carbocycles. The zero-order chi connectivity index (χ0) is 22.1. The van der Waals surface area contributed by atoms with Gasteiger partial charge in [-0.3, -0.25) is 4.79 Å². The normalized spacial score (nSPS) is 10.4. The van der Waals surface area contributed by atoms with Gasteiger partial charge in [0.2, 0.25) is 0 Å². The number of hydrogen-bond donors (Lipinski definition) is 2. The van der Waals surface area contributed by atoms with Gasteiger partial charge in [-0.15, -0.1) is 0 Å². The Morgan fingerprint density at radius 3 is 2.16 bits per heavy atom. The van der Waals surface area contributed by atoms with Crippen molar-refractivity contribution in [1.29, 1.82) is 0 Å². The molecule has 2 N–H and O–H groups in total. The fourth-order valence-corrected chi connectivity index (χ4v) is 3.01. The Bertz CT molecular complexity index is 985. The minimum absolute atomic E-state index is 0.0979. The summed E-state index contributed by atoms with van der Waals surface area (Å²) in [5.74, 6) is 1.74. The van der Waals surface area contributed by atoms with Crippen LogP contribution in [0.25, 0.3) is 0 Å². The molecule has 0 atom stereocenters. The Morgan fingerprint density at radius 1 is 0.806 bits per heavy atom. The molecule has 1 amide bonds. The fourth-order valence-electron chi connectivity index (χ4n) is 3.01. The van der Waals surface area contributed by atoms with Crippen LogP contribution in [0.1, 0.15) is 16.7 Å². The monoisotopic (exact) mass is 420 g/mol. The van der Waals surface area contributed by atoms with Gasteiger partial charge >= 0.3 is 0 Å². The van der Waals surface area contributed by atoms with Crippen molar-refractivity contribution in [3.63, 3.8) is 0 Å². The molecule has 0 aromatic heterocycles. The van der Waals surface area contributed by atoms with Crippen LogP contribution in [-0.4, -0.2) is 26.7 Å². The number of aryl methyl sites for hydroxylation is 1. The molecule has 0 aliphatic carbocycles. The smallest absolute Gasteiger partial charge is 0.262 e. The highest BCUT2D eigenvalue weighted by atomic mass is 16.5. The highest BCUT2D eigenvalue weighted by Gasteiger charge is 2.09. The van der Waals surface area contributed by atoms with Gasteiger partial charge in [0.25, 0.3) is 5.91 Å². The highest BCUT2D eigenvalue weighted by molar-refractivity contribution is 5.91. The first-order valence-electron chi connectivity index (χ1n) is 10.1. The third kappa shape index (κ3) is 6.76. The van der Waals surface area contributed by atoms with Crippen molar-refractivity contribution < 1.29 is 19.0 Å². The zero-order valence-corrected chi connectivity index (χ0v) is 18.1. The van der Waals surface area contributed by atoms with Crippen LogP contribution >= 0.6 is 0 Å². The van der Waals surface area contributed by atoms with E-state index in [4.69, 9.17) is 14.2 Å². The molecule has 0 fully saturated rings. The Morgan fingerprint density at radius 2 is 1.48 bits per heavy atom. The van der Waals surface area contributed by atoms with Crippen LogP contribution in [-0.2, 0) is 17.9 Å². The molecule has 0 radical (unpaired) electrons. The van der Waals surface area contributed by atoms with Crippen LogP contribution in [0.4, 0.5) is 5.69 Å². The van der Waals surface area contributed by atoms with Crippen LogP contribution in [0.2, 0.25) is 0 Å². The van der Waals surface area contributed by atoms with Gasteiger partial charge in [0, 0.05) is 18.8 Å². The topological polar surface area (TPSA) is 68.8 Å². The summed E-state index contributed by atoms with van der Waals surface area (Å²) < 4.78 is 16.3. The van der Waals surface area contributed by atoms with E-state index in [2.05, 4.69) is 10.6 Å². The van der Waals surface area contributed by atoms with Crippen molar-refractivity contribution >= 4 is 11.6 Å². The van der Waals surface area contributed by atoms with E-state index in [-0.39, 0.29) is 12.5 Å². The number of methoxy groups -OCH3 is 2. The second kappa shape index (κ2) is 11.0. The number of carbonyl (C=O) groups excluding carboxylic acids is 1. The van der Waals surface area contributed by atoms with Gasteiger partial charge in [0.1, 0.15) is 5.75 Å². The maximum absolute atomic E-state index is 12.2. The maximum Gasteiger partial charge on any atom is 0.262 e. The summed E-state index contributed by atoms with van der Waals surface area (Å²) in [6, 6.07) is 21.3. The third-order valence-corrected chi connectivity index (χ3v) is 4.74. The molecule has 6 heteroatoms. The molecule has 3 aromatic rings. The summed E-state index contributed by atoms with van der Waals surface area (Å²) >= 11 is 0. The summed E-state index contributed by atoms with van der Waals surface area (Å²) in [5.41, 5.74) is 4.11. The lowest BCUT2D eigenvalue weighted by Crippen LogP contribution is -2.20. The quantitative estimate of drug-likeness (QED) is 0.511. The molecule has 0 heterocycles. The Hall–Kier alpha value is -3.51. The summed E-state index contributed by atoms with van der Waals surface area (Å²) in [6.07, 6.45) is 0.